The minimum absolute atomic E-state index is 0. The van der Waals surface area contributed by atoms with Crippen LogP contribution < -0.4 is 20.7 Å². The number of hydrogen-bond donors (Lipinski definition) is 0. The number of fused-ring (bicyclic) bond motifs is 4. The van der Waals surface area contributed by atoms with E-state index in [1.54, 1.807) is 0 Å². The van der Waals surface area contributed by atoms with Crippen molar-refractivity contribution in [3.05, 3.63) is 145 Å². The summed E-state index contributed by atoms with van der Waals surface area (Å²) in [4.78, 5) is 14.1. The average Bonchev–Trinajstić information content (AvgIpc) is 4.05. The largest absolute Gasteiger partial charge is 0.492 e. The average molecular weight is 1210 g/mol. The molecule has 0 radical (unpaired) electrons. The number of rotatable bonds is 9. The third-order valence-electron chi connectivity index (χ3n) is 14.1. The summed E-state index contributed by atoms with van der Waals surface area (Å²) in [5.74, 6) is 0.863. The molecule has 77 heavy (non-hydrogen) atoms. The maximum Gasteiger partial charge on any atom is 0.468 e. The molecule has 2 fully saturated rings. The second-order valence-corrected chi connectivity index (χ2v) is 26.0. The van der Waals surface area contributed by atoms with Gasteiger partial charge in [-0.05, 0) is 68.0 Å². The Morgan fingerprint density at radius 1 is 0.571 bits per heavy atom. The standard InChI is InChI=1S/C58H70B6N5O7.Pt/c1-39-41(37-70-36-40-28-29-45-44-22-17-18-25-48(44)69(51(45)32-40)52-34-42(30-31-65-52)54(2,3)4)33-43(35-66-39)67-38-68(50-27-20-19-26-49(50)67)53-46(59-71-61(55(5,6)7)75-62(72-59)56(8,9)10)23-21-24-47(53)60-73-63(57(11,12)13)76-64(74-60)58(14,15)16;/h17-31,34-35,38H,36-37H2,1-16H3;/q-3;. The summed E-state index contributed by atoms with van der Waals surface area (Å²) < 4.78 is 49.5. The molecule has 12 nitrogen and oxygen atoms in total. The molecule has 0 aliphatic carbocycles. The van der Waals surface area contributed by atoms with Gasteiger partial charge in [-0.3, -0.25) is 0 Å². The number of nitrogens with zero attached hydrogens (tertiary/aromatic N) is 5. The Labute approximate surface area is 474 Å². The van der Waals surface area contributed by atoms with Crippen LogP contribution >= 0.6 is 0 Å². The molecular formula is C58H70B6N5O7Pt-3. The molecule has 3 aromatic heterocycles. The van der Waals surface area contributed by atoms with E-state index in [9.17, 15) is 0 Å². The summed E-state index contributed by atoms with van der Waals surface area (Å²) in [6.07, 6.45) is 3.77. The van der Waals surface area contributed by atoms with Crippen molar-refractivity contribution in [1.82, 2.24) is 14.5 Å². The zero-order valence-electron chi connectivity index (χ0n) is 47.7. The van der Waals surface area contributed by atoms with Gasteiger partial charge in [0.2, 0.25) is 0 Å². The van der Waals surface area contributed by atoms with Crippen molar-refractivity contribution in [2.45, 2.75) is 151 Å². The Balaban J connectivity index is 0.00000722. The minimum Gasteiger partial charge on any atom is -0.492 e. The number of hydrogen-bond acceptors (Lipinski definition) is 11. The molecule has 6 heterocycles. The molecule has 7 aromatic rings. The van der Waals surface area contributed by atoms with Gasteiger partial charge < -0.3 is 51.5 Å². The van der Waals surface area contributed by atoms with E-state index in [1.165, 1.54) is 5.56 Å². The molecule has 0 N–H and O–H groups in total. The second kappa shape index (κ2) is 21.5. The zero-order chi connectivity index (χ0) is 54.3. The van der Waals surface area contributed by atoms with E-state index in [4.69, 9.17) is 42.1 Å². The van der Waals surface area contributed by atoms with Crippen LogP contribution in [0.4, 0.5) is 22.7 Å². The maximum absolute atomic E-state index is 6.89. The molecule has 4 aromatic carbocycles. The van der Waals surface area contributed by atoms with Gasteiger partial charge in [0.1, 0.15) is 5.82 Å². The predicted molar refractivity (Wildman–Crippen MR) is 313 cm³/mol. The Morgan fingerprint density at radius 2 is 1.12 bits per heavy atom. The fourth-order valence-electron chi connectivity index (χ4n) is 9.82. The number of para-hydroxylation sites is 4. The first-order valence-corrected chi connectivity index (χ1v) is 26.7. The summed E-state index contributed by atoms with van der Waals surface area (Å²) in [5, 5.41) is 0.815. The van der Waals surface area contributed by atoms with Crippen molar-refractivity contribution >= 4 is 98.2 Å². The number of aromatic nitrogens is 3. The van der Waals surface area contributed by atoms with Crippen LogP contribution in [0, 0.1) is 25.7 Å². The molecule has 19 heteroatoms. The third kappa shape index (κ3) is 11.7. The van der Waals surface area contributed by atoms with Crippen molar-refractivity contribution in [3.8, 4) is 5.82 Å². The topological polar surface area (TPSA) is 102 Å². The number of benzene rings is 4. The van der Waals surface area contributed by atoms with E-state index < -0.39 is 42.7 Å². The van der Waals surface area contributed by atoms with Gasteiger partial charge in [-0.1, -0.05) is 182 Å². The Hall–Kier alpha value is -4.62. The first kappa shape index (κ1) is 57.1. The van der Waals surface area contributed by atoms with Crippen molar-refractivity contribution in [2.75, 3.05) is 9.80 Å². The van der Waals surface area contributed by atoms with Crippen molar-refractivity contribution in [3.63, 3.8) is 0 Å². The van der Waals surface area contributed by atoms with Crippen LogP contribution in [0.2, 0.25) is 21.3 Å². The Morgan fingerprint density at radius 3 is 1.68 bits per heavy atom. The van der Waals surface area contributed by atoms with Gasteiger partial charge in [0.25, 0.3) is 0 Å². The van der Waals surface area contributed by atoms with Gasteiger partial charge in [-0.2, -0.15) is 24.3 Å². The molecule has 400 valence electrons. The molecule has 3 aliphatic heterocycles. The number of ether oxygens (including phenoxy) is 1. The molecule has 10 rings (SSSR count). The van der Waals surface area contributed by atoms with E-state index in [-0.39, 0.29) is 54.3 Å². The summed E-state index contributed by atoms with van der Waals surface area (Å²) in [7, 11) is -3.92. The van der Waals surface area contributed by atoms with E-state index in [2.05, 4.69) is 216 Å². The van der Waals surface area contributed by atoms with Crippen LogP contribution in [0.15, 0.2) is 103 Å². The Bertz CT molecular complexity index is 3170. The first-order chi connectivity index (χ1) is 35.7. The van der Waals surface area contributed by atoms with Gasteiger partial charge in [0.15, 0.2) is 0 Å². The summed E-state index contributed by atoms with van der Waals surface area (Å²) in [6, 6.07) is 39.0. The molecule has 0 bridgehead atoms. The fourth-order valence-corrected chi connectivity index (χ4v) is 9.82. The van der Waals surface area contributed by atoms with Crippen LogP contribution in [0.5, 0.6) is 0 Å². The van der Waals surface area contributed by atoms with E-state index >= 15 is 0 Å². The van der Waals surface area contributed by atoms with Crippen LogP contribution in [0.1, 0.15) is 126 Å². The Kier molecular flexibility index (Phi) is 15.9. The van der Waals surface area contributed by atoms with Crippen LogP contribution in [-0.2, 0) is 71.9 Å². The van der Waals surface area contributed by atoms with Gasteiger partial charge in [0, 0.05) is 67.4 Å². The molecule has 0 unspecified atom stereocenters. The predicted octanol–water partition coefficient (Wildman–Crippen LogP) is 12.6. The first-order valence-electron chi connectivity index (χ1n) is 26.7. The molecule has 0 spiro atoms. The van der Waals surface area contributed by atoms with Gasteiger partial charge in [0.05, 0.1) is 6.61 Å². The van der Waals surface area contributed by atoms with Crippen LogP contribution in [-0.4, -0.2) is 57.2 Å². The van der Waals surface area contributed by atoms with Crippen molar-refractivity contribution in [2.24, 2.45) is 0 Å². The van der Waals surface area contributed by atoms with Crippen molar-refractivity contribution in [1.29, 1.82) is 0 Å². The van der Waals surface area contributed by atoms with Crippen LogP contribution in [0.25, 0.3) is 27.6 Å². The SMILES string of the molecule is Cc1ncc(N2[CH-]N(c3c(B4OB(C(C)(C)C)OB(C(C)(C)C)O4)cccc3B3OB(C(C)(C)C)OB(C(C)(C)C)O3)c3ccccc32)[c-]c1COCc1[c-]c2c(cc1)c1ccccc1n2-c1cc(C(C)(C)C)ccn1.[Pt]. The molecular weight excluding hydrogens is 1140 g/mol. The number of anilines is 4. The fraction of sp³-hybridized carbons (Fsp3) is 0.397. The third-order valence-corrected chi connectivity index (χ3v) is 14.1. The smallest absolute Gasteiger partial charge is 0.468 e. The monoisotopic (exact) mass is 1210 g/mol. The maximum atomic E-state index is 6.89. The molecule has 0 atom stereocenters. The number of pyridine rings is 2. The summed E-state index contributed by atoms with van der Waals surface area (Å²) in [6.45, 7) is 36.9. The summed E-state index contributed by atoms with van der Waals surface area (Å²) >= 11 is 0. The minimum atomic E-state index is -0.822. The zero-order valence-corrected chi connectivity index (χ0v) is 50.0. The normalized spacial score (nSPS) is 16.1. The van der Waals surface area contributed by atoms with E-state index in [0.717, 1.165) is 78.1 Å². The van der Waals surface area contributed by atoms with Crippen molar-refractivity contribution < 1.29 is 53.2 Å². The molecule has 3 aliphatic rings. The van der Waals surface area contributed by atoms with Crippen LogP contribution in [0.3, 0.4) is 0 Å². The van der Waals surface area contributed by atoms with Gasteiger partial charge >= 0.3 is 42.7 Å². The van der Waals surface area contributed by atoms with Gasteiger partial charge in [-0.15, -0.1) is 23.2 Å². The van der Waals surface area contributed by atoms with E-state index in [0.29, 0.717) is 6.61 Å². The molecule has 0 saturated carbocycles. The second-order valence-electron chi connectivity index (χ2n) is 26.0. The van der Waals surface area contributed by atoms with Gasteiger partial charge in [-0.25, -0.2) is 4.98 Å². The number of aryl methyl sites for hydroxylation is 1. The van der Waals surface area contributed by atoms with E-state index in [1.807, 2.05) is 31.5 Å². The molecule has 2 saturated heterocycles. The quantitative estimate of drug-likeness (QED) is 0.102. The summed E-state index contributed by atoms with van der Waals surface area (Å²) in [5.41, 5.74) is 10.8. The molecule has 0 amide bonds.